The molecule has 0 aliphatic carbocycles. The maximum Gasteiger partial charge on any atom is 0.333 e. The predicted molar refractivity (Wildman–Crippen MR) is 49.7 cm³/mol. The van der Waals surface area contributed by atoms with E-state index in [1.54, 1.807) is 6.92 Å². The molecule has 0 aromatic heterocycles. The van der Waals surface area contributed by atoms with E-state index in [2.05, 4.69) is 6.58 Å². The fourth-order valence-corrected chi connectivity index (χ4v) is 0.716. The van der Waals surface area contributed by atoms with Gasteiger partial charge in [-0.2, -0.15) is 0 Å². The Hall–Kier alpha value is -1.39. The van der Waals surface area contributed by atoms with E-state index in [0.717, 1.165) is 0 Å². The number of carboxylic acids is 1. The van der Waals surface area contributed by atoms with E-state index in [-0.39, 0.29) is 16.7 Å². The van der Waals surface area contributed by atoms with Gasteiger partial charge in [0.15, 0.2) is 0 Å². The van der Waals surface area contributed by atoms with Crippen LogP contribution in [-0.4, -0.2) is 23.1 Å². The average molecular weight is 206 g/mol. The van der Waals surface area contributed by atoms with Crippen molar-refractivity contribution in [3.63, 3.8) is 0 Å². The van der Waals surface area contributed by atoms with Crippen LogP contribution in [-0.2, 0) is 14.3 Å². The van der Waals surface area contributed by atoms with Gasteiger partial charge in [0.1, 0.15) is 6.10 Å². The van der Waals surface area contributed by atoms with Gasteiger partial charge < -0.3 is 9.84 Å². The van der Waals surface area contributed by atoms with Crippen molar-refractivity contribution in [1.82, 2.24) is 0 Å². The quantitative estimate of drug-likeness (QED) is 0.547. The second kappa shape index (κ2) is 7.06. The Morgan fingerprint density at radius 3 is 2.29 bits per heavy atom. The van der Waals surface area contributed by atoms with E-state index < -0.39 is 18.0 Å². The summed E-state index contributed by atoms with van der Waals surface area (Å²) in [5, 5.41) is 8.45. The van der Waals surface area contributed by atoms with Crippen LogP contribution in [0, 0.1) is 0 Å². The van der Waals surface area contributed by atoms with Gasteiger partial charge in [-0.15, -0.1) is 0 Å². The molecular formula is C9H15FO4. The summed E-state index contributed by atoms with van der Waals surface area (Å²) in [5.74, 6) is -1.51. The summed E-state index contributed by atoms with van der Waals surface area (Å²) in [6.07, 6.45) is -0.220. The maximum absolute atomic E-state index is 11.0. The van der Waals surface area contributed by atoms with Crippen LogP contribution in [0.5, 0.6) is 0 Å². The lowest BCUT2D eigenvalue weighted by atomic mass is 10.2. The van der Waals surface area contributed by atoms with Crippen LogP contribution in [0.3, 0.4) is 0 Å². The highest BCUT2D eigenvalue weighted by atomic mass is 19.0. The van der Waals surface area contributed by atoms with Crippen LogP contribution in [0.15, 0.2) is 12.2 Å². The Bertz CT molecular complexity index is 225. The number of halogens is 1. The molecule has 0 saturated heterocycles. The SMILES string of the molecule is C=C(C)C(=O)OC(CC)CC(=O)O.F. The summed E-state index contributed by atoms with van der Waals surface area (Å²) in [5.41, 5.74) is 0.281. The summed E-state index contributed by atoms with van der Waals surface area (Å²) in [7, 11) is 0. The maximum atomic E-state index is 11.0. The summed E-state index contributed by atoms with van der Waals surface area (Å²) in [6.45, 7) is 6.69. The normalized spacial score (nSPS) is 11.0. The van der Waals surface area contributed by atoms with Gasteiger partial charge in [0, 0.05) is 5.57 Å². The van der Waals surface area contributed by atoms with Crippen molar-refractivity contribution in [2.24, 2.45) is 0 Å². The van der Waals surface area contributed by atoms with E-state index in [9.17, 15) is 9.59 Å². The first kappa shape index (κ1) is 15.1. The van der Waals surface area contributed by atoms with Gasteiger partial charge in [0.05, 0.1) is 6.42 Å². The third-order valence-electron chi connectivity index (χ3n) is 1.48. The van der Waals surface area contributed by atoms with E-state index in [1.807, 2.05) is 0 Å². The molecule has 82 valence electrons. The van der Waals surface area contributed by atoms with Gasteiger partial charge in [-0.05, 0) is 13.3 Å². The molecule has 1 N–H and O–H groups in total. The molecule has 0 spiro atoms. The first-order chi connectivity index (χ1) is 5.97. The van der Waals surface area contributed by atoms with E-state index in [4.69, 9.17) is 9.84 Å². The number of rotatable bonds is 5. The molecule has 0 bridgehead atoms. The van der Waals surface area contributed by atoms with E-state index >= 15 is 0 Å². The second-order valence-corrected chi connectivity index (χ2v) is 2.81. The van der Waals surface area contributed by atoms with Gasteiger partial charge in [0.2, 0.25) is 0 Å². The summed E-state index contributed by atoms with van der Waals surface area (Å²) in [4.78, 5) is 21.3. The van der Waals surface area contributed by atoms with Crippen molar-refractivity contribution >= 4 is 11.9 Å². The van der Waals surface area contributed by atoms with Crippen molar-refractivity contribution in [1.29, 1.82) is 0 Å². The zero-order chi connectivity index (χ0) is 10.4. The lowest BCUT2D eigenvalue weighted by molar-refractivity contribution is -0.149. The summed E-state index contributed by atoms with van der Waals surface area (Å²) < 4.78 is 4.85. The van der Waals surface area contributed by atoms with Gasteiger partial charge in [0.25, 0.3) is 0 Å². The van der Waals surface area contributed by atoms with Crippen LogP contribution < -0.4 is 0 Å². The number of carboxylic acid groups (broad SMARTS) is 1. The van der Waals surface area contributed by atoms with Crippen molar-refractivity contribution < 1.29 is 24.1 Å². The van der Waals surface area contributed by atoms with Crippen molar-refractivity contribution in [2.75, 3.05) is 0 Å². The molecule has 0 amide bonds. The highest BCUT2D eigenvalue weighted by Gasteiger charge is 2.15. The molecule has 0 rings (SSSR count). The lowest BCUT2D eigenvalue weighted by Gasteiger charge is -2.13. The number of hydrogen-bond acceptors (Lipinski definition) is 3. The van der Waals surface area contributed by atoms with Crippen LogP contribution in [0.4, 0.5) is 4.70 Å². The molecule has 4 nitrogen and oxygen atoms in total. The Morgan fingerprint density at radius 1 is 1.50 bits per heavy atom. The van der Waals surface area contributed by atoms with Gasteiger partial charge >= 0.3 is 11.9 Å². The minimum absolute atomic E-state index is 0. The molecule has 0 aromatic rings. The van der Waals surface area contributed by atoms with Crippen molar-refractivity contribution in [3.05, 3.63) is 12.2 Å². The molecule has 0 fully saturated rings. The monoisotopic (exact) mass is 206 g/mol. The van der Waals surface area contributed by atoms with E-state index in [0.29, 0.717) is 6.42 Å². The molecule has 0 heterocycles. The van der Waals surface area contributed by atoms with E-state index in [1.165, 1.54) is 6.92 Å². The molecular weight excluding hydrogens is 191 g/mol. The number of hydrogen-bond donors (Lipinski definition) is 1. The topological polar surface area (TPSA) is 63.6 Å². The molecule has 0 aliphatic rings. The predicted octanol–water partition coefficient (Wildman–Crippen LogP) is 1.51. The molecule has 0 radical (unpaired) electrons. The molecule has 0 aliphatic heterocycles. The van der Waals surface area contributed by atoms with Gasteiger partial charge in [-0.1, -0.05) is 13.5 Å². The Morgan fingerprint density at radius 2 is 2.00 bits per heavy atom. The zero-order valence-corrected chi connectivity index (χ0v) is 8.28. The lowest BCUT2D eigenvalue weighted by Crippen LogP contribution is -2.21. The third-order valence-corrected chi connectivity index (χ3v) is 1.48. The highest BCUT2D eigenvalue weighted by molar-refractivity contribution is 5.87. The molecule has 14 heavy (non-hydrogen) atoms. The Labute approximate surface area is 81.9 Å². The zero-order valence-electron chi connectivity index (χ0n) is 8.28. The molecule has 1 unspecified atom stereocenters. The molecule has 1 atom stereocenters. The number of ether oxygens (including phenoxy) is 1. The second-order valence-electron chi connectivity index (χ2n) is 2.81. The van der Waals surface area contributed by atoms with Crippen LogP contribution in [0.25, 0.3) is 0 Å². The first-order valence-corrected chi connectivity index (χ1v) is 4.05. The highest BCUT2D eigenvalue weighted by Crippen LogP contribution is 2.06. The standard InChI is InChI=1S/C9H14O4.FH/c1-4-7(5-8(10)11)13-9(12)6(2)3;/h7H,2,4-5H2,1,3H3,(H,10,11);1H. The van der Waals surface area contributed by atoms with Crippen LogP contribution in [0.2, 0.25) is 0 Å². The fourth-order valence-electron chi connectivity index (χ4n) is 0.716. The summed E-state index contributed by atoms with van der Waals surface area (Å²) >= 11 is 0. The largest absolute Gasteiger partial charge is 0.481 e. The third kappa shape index (κ3) is 6.16. The first-order valence-electron chi connectivity index (χ1n) is 4.05. The minimum Gasteiger partial charge on any atom is -0.481 e. The molecule has 0 saturated carbocycles. The minimum atomic E-state index is -0.971. The fraction of sp³-hybridized carbons (Fsp3) is 0.556. The number of carbonyl (C=O) groups is 2. The van der Waals surface area contributed by atoms with Crippen LogP contribution in [0.1, 0.15) is 26.7 Å². The van der Waals surface area contributed by atoms with Crippen molar-refractivity contribution in [3.8, 4) is 0 Å². The van der Waals surface area contributed by atoms with Crippen LogP contribution >= 0.6 is 0 Å². The Kier molecular flexibility index (Phi) is 7.61. The average Bonchev–Trinajstić information content (AvgIpc) is 2.02. The van der Waals surface area contributed by atoms with Gasteiger partial charge in [-0.25, -0.2) is 4.79 Å². The molecule has 5 heteroatoms. The molecule has 0 aromatic carbocycles. The Balaban J connectivity index is 0. The number of esters is 1. The van der Waals surface area contributed by atoms with Crippen molar-refractivity contribution in [2.45, 2.75) is 32.8 Å². The smallest absolute Gasteiger partial charge is 0.333 e. The number of carbonyl (C=O) groups excluding carboxylic acids is 1. The number of aliphatic carboxylic acids is 1. The summed E-state index contributed by atoms with van der Waals surface area (Å²) in [6, 6.07) is 0. The van der Waals surface area contributed by atoms with Gasteiger partial charge in [-0.3, -0.25) is 9.50 Å².